The van der Waals surface area contributed by atoms with Crippen molar-refractivity contribution in [3.05, 3.63) is 64.1 Å². The fourth-order valence-corrected chi connectivity index (χ4v) is 2.57. The molecular weight excluding hydrogens is 372 g/mol. The number of halogens is 1. The Morgan fingerprint density at radius 1 is 1.04 bits per heavy atom. The zero-order valence-electron chi connectivity index (χ0n) is 13.3. The van der Waals surface area contributed by atoms with Gasteiger partial charge in [0.1, 0.15) is 5.75 Å². The van der Waals surface area contributed by atoms with Crippen LogP contribution in [0.2, 0.25) is 0 Å². The van der Waals surface area contributed by atoms with Gasteiger partial charge in [-0.15, -0.1) is 0 Å². The van der Waals surface area contributed by atoms with E-state index in [1.807, 2.05) is 30.3 Å². The number of amides is 2. The maximum absolute atomic E-state index is 12.0. The van der Waals surface area contributed by atoms with Crippen LogP contribution in [0.5, 0.6) is 5.75 Å². The summed E-state index contributed by atoms with van der Waals surface area (Å²) in [5.74, 6) is 0.300. The van der Waals surface area contributed by atoms with Crippen molar-refractivity contribution in [1.82, 2.24) is 10.6 Å². The first-order valence-electron chi connectivity index (χ1n) is 7.52. The predicted molar refractivity (Wildman–Crippen MR) is 96.2 cm³/mol. The van der Waals surface area contributed by atoms with Gasteiger partial charge in [-0.05, 0) is 52.2 Å². The molecule has 5 nitrogen and oxygen atoms in total. The fourth-order valence-electron chi connectivity index (χ4n) is 2.10. The molecule has 0 saturated carbocycles. The van der Waals surface area contributed by atoms with Crippen LogP contribution in [-0.2, 0) is 11.2 Å². The number of carbonyl (C=O) groups excluding carboxylic acids is 2. The molecule has 6 heteroatoms. The van der Waals surface area contributed by atoms with Gasteiger partial charge in [0.2, 0.25) is 5.91 Å². The van der Waals surface area contributed by atoms with Crippen LogP contribution in [-0.4, -0.2) is 32.0 Å². The Morgan fingerprint density at radius 3 is 2.42 bits per heavy atom. The molecule has 0 fully saturated rings. The van der Waals surface area contributed by atoms with Crippen LogP contribution >= 0.6 is 15.9 Å². The minimum absolute atomic E-state index is 0.0528. The van der Waals surface area contributed by atoms with Crippen LogP contribution < -0.4 is 15.4 Å². The minimum atomic E-state index is -0.284. The van der Waals surface area contributed by atoms with Crippen molar-refractivity contribution < 1.29 is 14.3 Å². The maximum Gasteiger partial charge on any atom is 0.252 e. The van der Waals surface area contributed by atoms with E-state index in [0.717, 1.165) is 11.3 Å². The van der Waals surface area contributed by atoms with Crippen molar-refractivity contribution in [3.63, 3.8) is 0 Å². The Kier molecular flexibility index (Phi) is 6.81. The number of benzene rings is 2. The van der Waals surface area contributed by atoms with Gasteiger partial charge in [0.05, 0.1) is 19.2 Å². The second kappa shape index (κ2) is 9.08. The smallest absolute Gasteiger partial charge is 0.252 e. The van der Waals surface area contributed by atoms with Crippen LogP contribution in [0.15, 0.2) is 53.0 Å². The molecule has 0 aliphatic heterocycles. The molecule has 0 heterocycles. The van der Waals surface area contributed by atoms with E-state index in [9.17, 15) is 9.59 Å². The Bertz CT molecular complexity index is 702. The Balaban J connectivity index is 1.71. The highest BCUT2D eigenvalue weighted by atomic mass is 79.9. The molecule has 0 spiro atoms. The lowest BCUT2D eigenvalue weighted by Crippen LogP contribution is -2.37. The number of nitrogens with one attached hydrogen (secondary N) is 2. The van der Waals surface area contributed by atoms with E-state index < -0.39 is 0 Å². The van der Waals surface area contributed by atoms with Crippen molar-refractivity contribution in [3.8, 4) is 5.75 Å². The molecule has 2 N–H and O–H groups in total. The highest BCUT2D eigenvalue weighted by molar-refractivity contribution is 9.10. The number of hydrogen-bond donors (Lipinski definition) is 2. The molecule has 2 aromatic carbocycles. The van der Waals surface area contributed by atoms with Gasteiger partial charge in [-0.2, -0.15) is 0 Å². The Morgan fingerprint density at radius 2 is 1.75 bits per heavy atom. The van der Waals surface area contributed by atoms with Gasteiger partial charge in [-0.25, -0.2) is 0 Å². The Hall–Kier alpha value is -2.34. The van der Waals surface area contributed by atoms with E-state index in [1.54, 1.807) is 25.3 Å². The first-order chi connectivity index (χ1) is 11.6. The third-order valence-electron chi connectivity index (χ3n) is 3.42. The largest absolute Gasteiger partial charge is 0.497 e. The molecular formula is C18H19BrN2O3. The van der Waals surface area contributed by atoms with Crippen molar-refractivity contribution >= 4 is 27.7 Å². The summed E-state index contributed by atoms with van der Waals surface area (Å²) in [6.07, 6.45) is 0.716. The van der Waals surface area contributed by atoms with E-state index >= 15 is 0 Å². The summed E-state index contributed by atoms with van der Waals surface area (Å²) in [5.41, 5.74) is 1.61. The zero-order valence-corrected chi connectivity index (χ0v) is 14.9. The van der Waals surface area contributed by atoms with Crippen LogP contribution in [0.4, 0.5) is 0 Å². The lowest BCUT2D eigenvalue weighted by molar-refractivity contribution is -0.120. The summed E-state index contributed by atoms with van der Waals surface area (Å²) in [7, 11) is 1.62. The second-order valence-corrected chi connectivity index (χ2v) is 5.96. The molecule has 2 amide bonds. The normalized spacial score (nSPS) is 10.1. The van der Waals surface area contributed by atoms with Crippen LogP contribution in [0.1, 0.15) is 15.9 Å². The van der Waals surface area contributed by atoms with Gasteiger partial charge >= 0.3 is 0 Å². The second-order valence-electron chi connectivity index (χ2n) is 5.11. The molecule has 2 rings (SSSR count). The average molecular weight is 391 g/mol. The third-order valence-corrected chi connectivity index (χ3v) is 4.11. The van der Waals surface area contributed by atoms with E-state index in [0.29, 0.717) is 23.0 Å². The summed E-state index contributed by atoms with van der Waals surface area (Å²) >= 11 is 3.31. The lowest BCUT2D eigenvalue weighted by atomic mass is 10.1. The number of ether oxygens (including phenoxy) is 1. The van der Waals surface area contributed by atoms with Gasteiger partial charge in [0.15, 0.2) is 0 Å². The van der Waals surface area contributed by atoms with Gasteiger partial charge in [0, 0.05) is 11.0 Å². The van der Waals surface area contributed by atoms with Gasteiger partial charge in [-0.1, -0.05) is 24.3 Å². The standard InChI is InChI=1S/C18H19BrN2O3/c1-24-14-8-6-13(7-9-14)10-11-20-17(22)12-21-18(23)15-4-2-3-5-16(15)19/h2-9H,10-12H2,1H3,(H,20,22)(H,21,23). The van der Waals surface area contributed by atoms with Crippen molar-refractivity contribution in [2.75, 3.05) is 20.2 Å². The molecule has 0 bridgehead atoms. The molecule has 0 radical (unpaired) electrons. The summed E-state index contributed by atoms with van der Waals surface area (Å²) in [6, 6.07) is 14.8. The highest BCUT2D eigenvalue weighted by Crippen LogP contribution is 2.15. The van der Waals surface area contributed by atoms with E-state index in [-0.39, 0.29) is 18.4 Å². The fraction of sp³-hybridized carbons (Fsp3) is 0.222. The molecule has 0 atom stereocenters. The zero-order chi connectivity index (χ0) is 17.4. The first kappa shape index (κ1) is 18.0. The highest BCUT2D eigenvalue weighted by Gasteiger charge is 2.10. The first-order valence-corrected chi connectivity index (χ1v) is 8.32. The average Bonchev–Trinajstić information content (AvgIpc) is 2.60. The van der Waals surface area contributed by atoms with Crippen LogP contribution in [0, 0.1) is 0 Å². The molecule has 126 valence electrons. The van der Waals surface area contributed by atoms with Crippen LogP contribution in [0.3, 0.4) is 0 Å². The molecule has 2 aromatic rings. The molecule has 24 heavy (non-hydrogen) atoms. The lowest BCUT2D eigenvalue weighted by Gasteiger charge is -2.08. The monoisotopic (exact) mass is 390 g/mol. The molecule has 0 saturated heterocycles. The van der Waals surface area contributed by atoms with Crippen LogP contribution in [0.25, 0.3) is 0 Å². The van der Waals surface area contributed by atoms with E-state index in [2.05, 4.69) is 26.6 Å². The van der Waals surface area contributed by atoms with Crippen molar-refractivity contribution in [2.45, 2.75) is 6.42 Å². The molecule has 0 aromatic heterocycles. The maximum atomic E-state index is 12.0. The SMILES string of the molecule is COc1ccc(CCNC(=O)CNC(=O)c2ccccc2Br)cc1. The van der Waals surface area contributed by atoms with Gasteiger partial charge in [-0.3, -0.25) is 9.59 Å². The number of methoxy groups -OCH3 is 1. The van der Waals surface area contributed by atoms with Gasteiger partial charge < -0.3 is 15.4 Å². The van der Waals surface area contributed by atoms with Crippen molar-refractivity contribution in [1.29, 1.82) is 0 Å². The summed E-state index contributed by atoms with van der Waals surface area (Å²) in [6.45, 7) is 0.457. The number of rotatable bonds is 7. The molecule has 0 aliphatic carbocycles. The number of carbonyl (C=O) groups is 2. The summed E-state index contributed by atoms with van der Waals surface area (Å²) in [4.78, 5) is 23.8. The van der Waals surface area contributed by atoms with E-state index in [1.165, 1.54) is 0 Å². The number of hydrogen-bond acceptors (Lipinski definition) is 3. The van der Waals surface area contributed by atoms with Crippen molar-refractivity contribution in [2.24, 2.45) is 0 Å². The minimum Gasteiger partial charge on any atom is -0.497 e. The molecule has 0 aliphatic rings. The summed E-state index contributed by atoms with van der Waals surface area (Å²) in [5, 5.41) is 5.39. The third kappa shape index (κ3) is 5.38. The topological polar surface area (TPSA) is 67.4 Å². The molecule has 0 unspecified atom stereocenters. The summed E-state index contributed by atoms with van der Waals surface area (Å²) < 4.78 is 5.79. The van der Waals surface area contributed by atoms with Gasteiger partial charge in [0.25, 0.3) is 5.91 Å². The Labute approximate surface area is 149 Å². The quantitative estimate of drug-likeness (QED) is 0.763. The predicted octanol–water partition coefficient (Wildman–Crippen LogP) is 2.55. The van der Waals surface area contributed by atoms with E-state index in [4.69, 9.17) is 4.74 Å².